The van der Waals surface area contributed by atoms with Gasteiger partial charge in [0.25, 0.3) is 11.4 Å². The van der Waals surface area contributed by atoms with E-state index in [1.165, 1.54) is 55.5 Å². The molecule has 0 unspecified atom stereocenters. The maximum absolute atomic E-state index is 12.7. The third-order valence-corrected chi connectivity index (χ3v) is 5.78. The van der Waals surface area contributed by atoms with Gasteiger partial charge >= 0.3 is 12.2 Å². The predicted octanol–water partition coefficient (Wildman–Crippen LogP) is 3.66. The first-order valence-corrected chi connectivity index (χ1v) is 11.0. The standard InChI is InChI=1S/C21H20N4O9S/c1-14(26)35-19-10-22(20(27)33-12-15-2-6-17(7-3-15)24(29)30)23(11-19)21(28)34-13-16-4-8-18(9-5-16)25(31)32/h2-9,19H,10-13H2,1H3. The molecule has 1 saturated heterocycles. The molecule has 184 valence electrons. The van der Waals surface area contributed by atoms with E-state index in [2.05, 4.69) is 0 Å². The summed E-state index contributed by atoms with van der Waals surface area (Å²) in [4.78, 5) is 57.3. The first-order valence-electron chi connectivity index (χ1n) is 10.2. The largest absolute Gasteiger partial charge is 0.443 e. The lowest BCUT2D eigenvalue weighted by Crippen LogP contribution is -2.45. The van der Waals surface area contributed by atoms with Crippen molar-refractivity contribution >= 4 is 40.4 Å². The van der Waals surface area contributed by atoms with Gasteiger partial charge in [-0.2, -0.15) is 0 Å². The van der Waals surface area contributed by atoms with Crippen molar-refractivity contribution in [2.24, 2.45) is 0 Å². The van der Waals surface area contributed by atoms with Gasteiger partial charge in [0.05, 0.1) is 28.2 Å². The van der Waals surface area contributed by atoms with Crippen molar-refractivity contribution in [3.8, 4) is 0 Å². The van der Waals surface area contributed by atoms with Crippen molar-refractivity contribution in [2.75, 3.05) is 13.1 Å². The number of non-ortho nitro benzene ring substituents is 2. The molecule has 13 nitrogen and oxygen atoms in total. The molecule has 35 heavy (non-hydrogen) atoms. The zero-order valence-corrected chi connectivity index (χ0v) is 19.2. The maximum Gasteiger partial charge on any atom is 0.429 e. The van der Waals surface area contributed by atoms with Crippen molar-refractivity contribution in [3.63, 3.8) is 0 Å². The number of hydrogen-bond donors (Lipinski definition) is 0. The lowest BCUT2D eigenvalue weighted by molar-refractivity contribution is -0.385. The first kappa shape index (κ1) is 25.4. The number of amides is 2. The van der Waals surface area contributed by atoms with Gasteiger partial charge in [0.15, 0.2) is 5.12 Å². The Morgan fingerprint density at radius 1 is 0.829 bits per heavy atom. The van der Waals surface area contributed by atoms with E-state index in [-0.39, 0.29) is 42.8 Å². The van der Waals surface area contributed by atoms with Crippen molar-refractivity contribution < 1.29 is 33.7 Å². The van der Waals surface area contributed by atoms with Gasteiger partial charge in [0.1, 0.15) is 13.2 Å². The molecule has 1 aliphatic rings. The summed E-state index contributed by atoms with van der Waals surface area (Å²) in [5.41, 5.74) is 0.798. The Kier molecular flexibility index (Phi) is 8.20. The summed E-state index contributed by atoms with van der Waals surface area (Å²) in [7, 11) is 0. The van der Waals surface area contributed by atoms with Crippen molar-refractivity contribution in [3.05, 3.63) is 79.9 Å². The minimum atomic E-state index is -0.859. The highest BCUT2D eigenvalue weighted by Gasteiger charge is 2.39. The molecule has 1 fully saturated rings. The van der Waals surface area contributed by atoms with Crippen LogP contribution in [0.1, 0.15) is 18.1 Å². The van der Waals surface area contributed by atoms with Gasteiger partial charge < -0.3 is 9.47 Å². The molecule has 1 aliphatic heterocycles. The van der Waals surface area contributed by atoms with Crippen LogP contribution in [-0.4, -0.2) is 55.5 Å². The van der Waals surface area contributed by atoms with Crippen molar-refractivity contribution in [2.45, 2.75) is 25.4 Å². The van der Waals surface area contributed by atoms with E-state index in [0.29, 0.717) is 11.1 Å². The Morgan fingerprint density at radius 3 is 1.51 bits per heavy atom. The molecule has 1 heterocycles. The fourth-order valence-electron chi connectivity index (χ4n) is 3.16. The molecule has 2 aromatic rings. The average Bonchev–Trinajstić information content (AvgIpc) is 3.24. The molecule has 0 aliphatic carbocycles. The number of thioether (sulfide) groups is 1. The van der Waals surface area contributed by atoms with E-state index in [1.807, 2.05) is 0 Å². The second kappa shape index (κ2) is 11.3. The summed E-state index contributed by atoms with van der Waals surface area (Å²) >= 11 is 0.976. The van der Waals surface area contributed by atoms with Crippen molar-refractivity contribution in [1.82, 2.24) is 10.0 Å². The van der Waals surface area contributed by atoms with E-state index in [0.717, 1.165) is 21.8 Å². The summed E-state index contributed by atoms with van der Waals surface area (Å²) in [6.07, 6.45) is -1.72. The van der Waals surface area contributed by atoms with Gasteiger partial charge in [0.2, 0.25) is 0 Å². The SMILES string of the molecule is CC(=O)SC1CN(C(=O)OCc2ccc([N+](=O)[O-])cc2)N(C(=O)OCc2ccc([N+](=O)[O-])cc2)C1. The van der Waals surface area contributed by atoms with Crippen LogP contribution < -0.4 is 0 Å². The van der Waals surface area contributed by atoms with Crippen LogP contribution >= 0.6 is 11.8 Å². The van der Waals surface area contributed by atoms with E-state index in [4.69, 9.17) is 9.47 Å². The molecule has 0 aromatic heterocycles. The summed E-state index contributed by atoms with van der Waals surface area (Å²) in [6.45, 7) is 1.04. The molecule has 2 amide bonds. The fourth-order valence-corrected chi connectivity index (χ4v) is 4.06. The van der Waals surface area contributed by atoms with Crippen LogP contribution in [0.15, 0.2) is 48.5 Å². The summed E-state index contributed by atoms with van der Waals surface area (Å²) in [6, 6.07) is 10.9. The Hall–Kier alpha value is -4.20. The number of nitro benzene ring substituents is 2. The highest BCUT2D eigenvalue weighted by atomic mass is 32.2. The van der Waals surface area contributed by atoms with E-state index in [1.54, 1.807) is 0 Å². The molecular formula is C21H20N4O9S. The minimum Gasteiger partial charge on any atom is -0.443 e. The van der Waals surface area contributed by atoms with Crippen LogP contribution in [0.3, 0.4) is 0 Å². The van der Waals surface area contributed by atoms with Gasteiger partial charge in [0, 0.05) is 31.2 Å². The smallest absolute Gasteiger partial charge is 0.429 e. The topological polar surface area (TPSA) is 162 Å². The maximum atomic E-state index is 12.7. The van der Waals surface area contributed by atoms with Gasteiger partial charge in [-0.1, -0.05) is 11.8 Å². The van der Waals surface area contributed by atoms with Crippen LogP contribution in [0, 0.1) is 20.2 Å². The number of carbonyl (C=O) groups excluding carboxylic acids is 3. The molecule has 0 N–H and O–H groups in total. The number of carbonyl (C=O) groups is 3. The molecule has 0 spiro atoms. The lowest BCUT2D eigenvalue weighted by atomic mass is 10.2. The van der Waals surface area contributed by atoms with Gasteiger partial charge in [-0.05, 0) is 35.4 Å². The highest BCUT2D eigenvalue weighted by molar-refractivity contribution is 8.14. The summed E-state index contributed by atoms with van der Waals surface area (Å²) in [5, 5.41) is 23.0. The molecule has 0 saturated carbocycles. The number of ether oxygens (including phenoxy) is 2. The Labute approximate surface area is 202 Å². The second-order valence-corrected chi connectivity index (χ2v) is 8.83. The molecular weight excluding hydrogens is 484 g/mol. The van der Waals surface area contributed by atoms with E-state index < -0.39 is 27.3 Å². The van der Waals surface area contributed by atoms with Crippen molar-refractivity contribution in [1.29, 1.82) is 0 Å². The molecule has 2 aromatic carbocycles. The molecule has 3 rings (SSSR count). The minimum absolute atomic E-state index is 0.0238. The average molecular weight is 504 g/mol. The Morgan fingerprint density at radius 2 is 1.20 bits per heavy atom. The lowest BCUT2D eigenvalue weighted by Gasteiger charge is -2.26. The zero-order valence-electron chi connectivity index (χ0n) is 18.4. The molecule has 14 heteroatoms. The summed E-state index contributed by atoms with van der Waals surface area (Å²) in [5.74, 6) is 0. The fraction of sp³-hybridized carbons (Fsp3) is 0.286. The molecule has 0 bridgehead atoms. The number of rotatable bonds is 7. The van der Waals surface area contributed by atoms with Crippen LogP contribution in [-0.2, 0) is 27.5 Å². The Bertz CT molecular complexity index is 1040. The quantitative estimate of drug-likeness (QED) is 0.402. The van der Waals surface area contributed by atoms with Gasteiger partial charge in [-0.25, -0.2) is 19.6 Å². The normalized spacial score (nSPS) is 13.4. The summed E-state index contributed by atoms with van der Waals surface area (Å²) < 4.78 is 10.5. The van der Waals surface area contributed by atoms with Gasteiger partial charge in [-0.3, -0.25) is 25.0 Å². The number of benzene rings is 2. The Balaban J connectivity index is 1.63. The third kappa shape index (κ3) is 6.89. The number of hydrogen-bond acceptors (Lipinski definition) is 10. The number of nitro groups is 2. The van der Waals surface area contributed by atoms with Crippen LogP contribution in [0.4, 0.5) is 21.0 Å². The zero-order chi connectivity index (χ0) is 25.5. The van der Waals surface area contributed by atoms with Crippen LogP contribution in [0.2, 0.25) is 0 Å². The highest BCUT2D eigenvalue weighted by Crippen LogP contribution is 2.25. The van der Waals surface area contributed by atoms with E-state index >= 15 is 0 Å². The van der Waals surface area contributed by atoms with Crippen LogP contribution in [0.25, 0.3) is 0 Å². The van der Waals surface area contributed by atoms with Crippen LogP contribution in [0.5, 0.6) is 0 Å². The first-order chi connectivity index (χ1) is 16.6. The van der Waals surface area contributed by atoms with E-state index in [9.17, 15) is 34.6 Å². The second-order valence-electron chi connectivity index (χ2n) is 7.35. The monoisotopic (exact) mass is 504 g/mol. The molecule has 0 atom stereocenters. The van der Waals surface area contributed by atoms with Gasteiger partial charge in [-0.15, -0.1) is 0 Å². The molecule has 0 radical (unpaired) electrons. The number of nitrogens with zero attached hydrogens (tertiary/aromatic N) is 4. The number of hydrazine groups is 1. The predicted molar refractivity (Wildman–Crippen MR) is 122 cm³/mol. The third-order valence-electron chi connectivity index (χ3n) is 4.82.